The summed E-state index contributed by atoms with van der Waals surface area (Å²) in [4.78, 5) is 20.7. The predicted molar refractivity (Wildman–Crippen MR) is 146 cm³/mol. The fourth-order valence-corrected chi connectivity index (χ4v) is 4.95. The third kappa shape index (κ3) is 5.28. The Kier molecular flexibility index (Phi) is 7.31. The molecular weight excluding hydrogens is 496 g/mol. The van der Waals surface area contributed by atoms with Crippen molar-refractivity contribution in [3.05, 3.63) is 71.5 Å². The molecule has 5 aromatic rings. The molecule has 8 nitrogen and oxygen atoms in total. The summed E-state index contributed by atoms with van der Waals surface area (Å²) in [5.41, 5.74) is 2.43. The summed E-state index contributed by atoms with van der Waals surface area (Å²) in [6, 6.07) is 15.5. The SMILES string of the molecule is CNCCC(=O)NCCn1ccc2ncnc(Nc3ccc(Oc4cccc5sccc45)c(Cl)c3)c21. The van der Waals surface area contributed by atoms with Gasteiger partial charge in [-0.15, -0.1) is 11.3 Å². The van der Waals surface area contributed by atoms with Crippen LogP contribution in [-0.2, 0) is 11.3 Å². The number of rotatable bonds is 10. The zero-order chi connectivity index (χ0) is 24.9. The first-order valence-electron chi connectivity index (χ1n) is 11.5. The van der Waals surface area contributed by atoms with Gasteiger partial charge in [0, 0.05) is 48.0 Å². The van der Waals surface area contributed by atoms with Crippen LogP contribution in [0.15, 0.2) is 66.4 Å². The van der Waals surface area contributed by atoms with E-state index >= 15 is 0 Å². The lowest BCUT2D eigenvalue weighted by atomic mass is 10.2. The van der Waals surface area contributed by atoms with Crippen molar-refractivity contribution in [3.63, 3.8) is 0 Å². The number of halogens is 1. The molecule has 0 saturated carbocycles. The fraction of sp³-hybridized carbons (Fsp3) is 0.192. The Labute approximate surface area is 217 Å². The summed E-state index contributed by atoms with van der Waals surface area (Å²) < 4.78 is 9.32. The number of ether oxygens (including phenoxy) is 1. The second kappa shape index (κ2) is 10.9. The molecular formula is C26H25ClN6O2S. The van der Waals surface area contributed by atoms with E-state index in [1.807, 2.05) is 65.7 Å². The lowest BCUT2D eigenvalue weighted by Gasteiger charge is -2.13. The molecule has 1 amide bonds. The van der Waals surface area contributed by atoms with E-state index in [-0.39, 0.29) is 5.91 Å². The second-order valence-electron chi connectivity index (χ2n) is 8.13. The second-order valence-corrected chi connectivity index (χ2v) is 9.48. The number of thiophene rings is 1. The number of fused-ring (bicyclic) bond motifs is 2. The van der Waals surface area contributed by atoms with Crippen LogP contribution < -0.4 is 20.7 Å². The molecule has 3 N–H and O–H groups in total. The summed E-state index contributed by atoms with van der Waals surface area (Å²) in [6.07, 6.45) is 3.91. The Balaban J connectivity index is 1.32. The van der Waals surface area contributed by atoms with Gasteiger partial charge in [-0.3, -0.25) is 4.79 Å². The van der Waals surface area contributed by atoms with Crippen LogP contribution in [0.5, 0.6) is 11.5 Å². The van der Waals surface area contributed by atoms with E-state index in [4.69, 9.17) is 16.3 Å². The molecule has 0 atom stereocenters. The molecule has 0 saturated heterocycles. The van der Waals surface area contributed by atoms with Crippen LogP contribution in [-0.4, -0.2) is 40.6 Å². The molecule has 2 aromatic carbocycles. The third-order valence-corrected chi connectivity index (χ3v) is 6.87. The normalized spacial score (nSPS) is 11.2. The van der Waals surface area contributed by atoms with Gasteiger partial charge in [-0.25, -0.2) is 9.97 Å². The molecule has 0 radical (unpaired) electrons. The minimum atomic E-state index is 0.0163. The van der Waals surface area contributed by atoms with Crippen molar-refractivity contribution in [1.29, 1.82) is 0 Å². The van der Waals surface area contributed by atoms with E-state index in [9.17, 15) is 4.79 Å². The van der Waals surface area contributed by atoms with Crippen LogP contribution in [0.4, 0.5) is 11.5 Å². The lowest BCUT2D eigenvalue weighted by molar-refractivity contribution is -0.121. The summed E-state index contributed by atoms with van der Waals surface area (Å²) in [7, 11) is 1.83. The molecule has 0 fully saturated rings. The molecule has 0 bridgehead atoms. The highest BCUT2D eigenvalue weighted by Gasteiger charge is 2.12. The number of hydrogen-bond acceptors (Lipinski definition) is 7. The standard InChI is InChI=1S/C26H25ClN6O2S/c1-28-10-7-24(34)29-11-13-33-12-8-20-25(33)26(31-16-30-20)32-17-5-6-22(19(27)15-17)35-21-3-2-4-23-18(21)9-14-36-23/h2-6,8-9,12,14-16,28H,7,10-11,13H2,1H3,(H,29,34)(H,30,31,32). The maximum absolute atomic E-state index is 11.9. The Morgan fingerprint density at radius 1 is 1.11 bits per heavy atom. The third-order valence-electron chi connectivity index (χ3n) is 5.70. The van der Waals surface area contributed by atoms with Crippen LogP contribution in [0.2, 0.25) is 5.02 Å². The smallest absolute Gasteiger partial charge is 0.221 e. The Morgan fingerprint density at radius 2 is 2.03 bits per heavy atom. The van der Waals surface area contributed by atoms with Crippen LogP contribution >= 0.6 is 22.9 Å². The van der Waals surface area contributed by atoms with Gasteiger partial charge in [0.1, 0.15) is 23.3 Å². The number of benzene rings is 2. The number of anilines is 2. The summed E-state index contributed by atoms with van der Waals surface area (Å²) >= 11 is 8.26. The topological polar surface area (TPSA) is 93.1 Å². The van der Waals surface area contributed by atoms with Gasteiger partial charge >= 0.3 is 0 Å². The first kappa shape index (κ1) is 24.1. The first-order valence-corrected chi connectivity index (χ1v) is 12.8. The first-order chi connectivity index (χ1) is 17.6. The Morgan fingerprint density at radius 3 is 2.89 bits per heavy atom. The molecule has 5 rings (SSSR count). The molecule has 0 aliphatic rings. The van der Waals surface area contributed by atoms with E-state index in [1.54, 1.807) is 11.3 Å². The van der Waals surface area contributed by atoms with Crippen molar-refractivity contribution in [2.45, 2.75) is 13.0 Å². The number of hydrogen-bond donors (Lipinski definition) is 3. The van der Waals surface area contributed by atoms with Crippen molar-refractivity contribution in [1.82, 2.24) is 25.2 Å². The number of nitrogens with one attached hydrogen (secondary N) is 3. The van der Waals surface area contributed by atoms with Crippen molar-refractivity contribution >= 4 is 61.5 Å². The number of aromatic nitrogens is 3. The van der Waals surface area contributed by atoms with E-state index in [0.29, 0.717) is 42.6 Å². The lowest BCUT2D eigenvalue weighted by Crippen LogP contribution is -2.29. The molecule has 3 aromatic heterocycles. The van der Waals surface area contributed by atoms with Gasteiger partial charge in [-0.1, -0.05) is 17.7 Å². The number of carbonyl (C=O) groups is 1. The van der Waals surface area contributed by atoms with Gasteiger partial charge in [-0.2, -0.15) is 0 Å². The van der Waals surface area contributed by atoms with E-state index in [2.05, 4.69) is 32.0 Å². The molecule has 36 heavy (non-hydrogen) atoms. The highest BCUT2D eigenvalue weighted by atomic mass is 35.5. The van der Waals surface area contributed by atoms with Crippen molar-refractivity contribution in [2.24, 2.45) is 0 Å². The predicted octanol–water partition coefficient (Wildman–Crippen LogP) is 5.56. The van der Waals surface area contributed by atoms with Crippen molar-refractivity contribution in [3.8, 4) is 11.5 Å². The monoisotopic (exact) mass is 520 g/mol. The van der Waals surface area contributed by atoms with Crippen molar-refractivity contribution in [2.75, 3.05) is 25.5 Å². The Hall–Kier alpha value is -3.66. The molecule has 0 spiro atoms. The summed E-state index contributed by atoms with van der Waals surface area (Å²) in [5, 5.41) is 12.9. The van der Waals surface area contributed by atoms with Crippen LogP contribution in [0.25, 0.3) is 21.1 Å². The van der Waals surface area contributed by atoms with Crippen LogP contribution in [0.3, 0.4) is 0 Å². The molecule has 10 heteroatoms. The zero-order valence-corrected chi connectivity index (χ0v) is 21.2. The number of amides is 1. The summed E-state index contributed by atoms with van der Waals surface area (Å²) in [5.74, 6) is 2.01. The number of carbonyl (C=O) groups excluding carboxylic acids is 1. The van der Waals surface area contributed by atoms with Gasteiger partial charge < -0.3 is 25.3 Å². The fourth-order valence-electron chi connectivity index (χ4n) is 3.92. The highest BCUT2D eigenvalue weighted by molar-refractivity contribution is 7.17. The summed E-state index contributed by atoms with van der Waals surface area (Å²) in [6.45, 7) is 1.75. The van der Waals surface area contributed by atoms with Gasteiger partial charge in [-0.05, 0) is 54.9 Å². The quantitative estimate of drug-likeness (QED) is 0.223. The number of nitrogens with zero attached hydrogens (tertiary/aromatic N) is 3. The van der Waals surface area contributed by atoms with Gasteiger partial charge in [0.15, 0.2) is 5.82 Å². The maximum atomic E-state index is 11.9. The maximum Gasteiger partial charge on any atom is 0.221 e. The molecule has 3 heterocycles. The molecule has 0 aliphatic heterocycles. The Bertz CT molecular complexity index is 1520. The van der Waals surface area contributed by atoms with Gasteiger partial charge in [0.25, 0.3) is 0 Å². The molecule has 0 aliphatic carbocycles. The minimum absolute atomic E-state index is 0.0163. The largest absolute Gasteiger partial charge is 0.455 e. The van der Waals surface area contributed by atoms with E-state index < -0.39 is 0 Å². The van der Waals surface area contributed by atoms with E-state index in [1.165, 1.54) is 6.33 Å². The average molecular weight is 521 g/mol. The van der Waals surface area contributed by atoms with Gasteiger partial charge in [0.05, 0.1) is 10.5 Å². The molecule has 0 unspecified atom stereocenters. The van der Waals surface area contributed by atoms with Crippen LogP contribution in [0.1, 0.15) is 6.42 Å². The van der Waals surface area contributed by atoms with Crippen LogP contribution in [0, 0.1) is 0 Å². The minimum Gasteiger partial charge on any atom is -0.455 e. The molecule has 184 valence electrons. The zero-order valence-electron chi connectivity index (χ0n) is 19.6. The van der Waals surface area contributed by atoms with E-state index in [0.717, 1.165) is 32.6 Å². The van der Waals surface area contributed by atoms with Gasteiger partial charge in [0.2, 0.25) is 5.91 Å². The highest BCUT2D eigenvalue weighted by Crippen LogP contribution is 2.37. The average Bonchev–Trinajstić information content (AvgIpc) is 3.53. The van der Waals surface area contributed by atoms with Crippen molar-refractivity contribution < 1.29 is 9.53 Å².